The van der Waals surface area contributed by atoms with Gasteiger partial charge in [-0.05, 0) is 0 Å². The van der Waals surface area contributed by atoms with E-state index in [9.17, 15) is 4.39 Å². The molecule has 2 nitrogen and oxygen atoms in total. The van der Waals surface area contributed by atoms with Gasteiger partial charge in [0.25, 0.3) is 0 Å². The molecule has 0 radical (unpaired) electrons. The van der Waals surface area contributed by atoms with E-state index in [0.717, 1.165) is 13.1 Å². The fourth-order valence-electron chi connectivity index (χ4n) is 0.707. The van der Waals surface area contributed by atoms with Crippen molar-refractivity contribution < 1.29 is 4.39 Å². The summed E-state index contributed by atoms with van der Waals surface area (Å²) in [5.74, 6) is 5.44. The lowest BCUT2D eigenvalue weighted by Crippen LogP contribution is -2.51. The van der Waals surface area contributed by atoms with E-state index in [1.165, 1.54) is 0 Å². The zero-order valence-corrected chi connectivity index (χ0v) is 4.10. The highest BCUT2D eigenvalue weighted by Crippen LogP contribution is 2.09. The monoisotopic (exact) mass is 104 g/mol. The van der Waals surface area contributed by atoms with E-state index in [-0.39, 0.29) is 12.6 Å². The van der Waals surface area contributed by atoms with Gasteiger partial charge in [0, 0.05) is 19.0 Å². The minimum atomic E-state index is -0.215. The third kappa shape index (κ3) is 0.894. The molecule has 3 heteroatoms. The van der Waals surface area contributed by atoms with E-state index in [1.54, 1.807) is 5.01 Å². The Kier molecular flexibility index (Phi) is 1.25. The van der Waals surface area contributed by atoms with Crippen LogP contribution < -0.4 is 5.84 Å². The number of hydrogen-bond acceptors (Lipinski definition) is 2. The number of hydrazine groups is 1. The molecule has 0 amide bonds. The average Bonchev–Trinajstić information content (AvgIpc) is 1.58. The number of hydrogen-bond donors (Lipinski definition) is 1. The molecule has 0 saturated carbocycles. The standard InChI is InChI=1S/C4H9FN2/c5-1-4-2-7(6)3-4/h4H,1-3,6H2. The summed E-state index contributed by atoms with van der Waals surface area (Å²) in [6.07, 6.45) is 0. The molecule has 1 saturated heterocycles. The molecule has 0 unspecified atom stereocenters. The molecular weight excluding hydrogens is 95.1 g/mol. The van der Waals surface area contributed by atoms with Gasteiger partial charge in [0.1, 0.15) is 0 Å². The Morgan fingerprint density at radius 3 is 2.43 bits per heavy atom. The van der Waals surface area contributed by atoms with Crippen LogP contribution in [0.25, 0.3) is 0 Å². The molecule has 1 rings (SSSR count). The van der Waals surface area contributed by atoms with E-state index in [2.05, 4.69) is 0 Å². The molecule has 2 N–H and O–H groups in total. The second-order valence-electron chi connectivity index (χ2n) is 1.97. The van der Waals surface area contributed by atoms with Crippen molar-refractivity contribution in [3.8, 4) is 0 Å². The summed E-state index contributed by atoms with van der Waals surface area (Å²) in [6, 6.07) is 0. The van der Waals surface area contributed by atoms with Gasteiger partial charge in [0.05, 0.1) is 6.67 Å². The van der Waals surface area contributed by atoms with Gasteiger partial charge in [-0.1, -0.05) is 0 Å². The Hall–Kier alpha value is -0.150. The molecule has 7 heavy (non-hydrogen) atoms. The van der Waals surface area contributed by atoms with Crippen molar-refractivity contribution >= 4 is 0 Å². The number of nitrogens with zero attached hydrogens (tertiary/aromatic N) is 1. The van der Waals surface area contributed by atoms with Crippen LogP contribution in [-0.4, -0.2) is 24.8 Å². The van der Waals surface area contributed by atoms with Crippen molar-refractivity contribution in [1.82, 2.24) is 5.01 Å². The van der Waals surface area contributed by atoms with Crippen LogP contribution in [0.15, 0.2) is 0 Å². The molecule has 1 fully saturated rings. The van der Waals surface area contributed by atoms with Crippen molar-refractivity contribution in [2.75, 3.05) is 19.8 Å². The number of nitrogens with two attached hydrogens (primary N) is 1. The van der Waals surface area contributed by atoms with Crippen LogP contribution in [0.2, 0.25) is 0 Å². The van der Waals surface area contributed by atoms with E-state index in [4.69, 9.17) is 5.84 Å². The molecule has 0 aromatic carbocycles. The average molecular weight is 104 g/mol. The molecule has 0 spiro atoms. The summed E-state index contributed by atoms with van der Waals surface area (Å²) in [5.41, 5.74) is 0. The van der Waals surface area contributed by atoms with Crippen LogP contribution in [0.5, 0.6) is 0 Å². The lowest BCUT2D eigenvalue weighted by Gasteiger charge is -2.33. The molecule has 0 bridgehead atoms. The fourth-order valence-corrected chi connectivity index (χ4v) is 0.707. The Labute approximate surface area is 42.1 Å². The summed E-state index contributed by atoms with van der Waals surface area (Å²) in [6.45, 7) is 1.25. The van der Waals surface area contributed by atoms with Crippen LogP contribution in [0.1, 0.15) is 0 Å². The first-order chi connectivity index (χ1) is 3.33. The van der Waals surface area contributed by atoms with Crippen molar-refractivity contribution in [2.45, 2.75) is 0 Å². The van der Waals surface area contributed by atoms with E-state index >= 15 is 0 Å². The summed E-state index contributed by atoms with van der Waals surface area (Å²) in [4.78, 5) is 0. The van der Waals surface area contributed by atoms with E-state index in [1.807, 2.05) is 0 Å². The summed E-state index contributed by atoms with van der Waals surface area (Å²) >= 11 is 0. The number of halogens is 1. The smallest absolute Gasteiger partial charge is 0.0948 e. The summed E-state index contributed by atoms with van der Waals surface area (Å²) in [5, 5.41) is 1.62. The van der Waals surface area contributed by atoms with Gasteiger partial charge in [-0.25, -0.2) is 5.01 Å². The molecule has 1 aliphatic heterocycles. The Morgan fingerprint density at radius 1 is 1.71 bits per heavy atom. The molecule has 0 atom stereocenters. The maximum absolute atomic E-state index is 11.5. The first-order valence-corrected chi connectivity index (χ1v) is 2.38. The summed E-state index contributed by atoms with van der Waals surface area (Å²) in [7, 11) is 0. The van der Waals surface area contributed by atoms with Crippen molar-refractivity contribution in [3.63, 3.8) is 0 Å². The molecule has 1 heterocycles. The molecular formula is C4H9FN2. The largest absolute Gasteiger partial charge is 0.269 e. The lowest BCUT2D eigenvalue weighted by molar-refractivity contribution is 0.0818. The van der Waals surface area contributed by atoms with Crippen LogP contribution in [0.3, 0.4) is 0 Å². The second kappa shape index (κ2) is 1.76. The Bertz CT molecular complexity index is 60.7. The SMILES string of the molecule is NN1CC(CF)C1. The predicted molar refractivity (Wildman–Crippen MR) is 25.2 cm³/mol. The topological polar surface area (TPSA) is 29.3 Å². The molecule has 0 aliphatic carbocycles. The third-order valence-corrected chi connectivity index (χ3v) is 1.20. The van der Waals surface area contributed by atoms with E-state index < -0.39 is 0 Å². The number of rotatable bonds is 1. The van der Waals surface area contributed by atoms with Crippen molar-refractivity contribution in [2.24, 2.45) is 11.8 Å². The van der Waals surface area contributed by atoms with Gasteiger partial charge < -0.3 is 0 Å². The zero-order valence-electron chi connectivity index (χ0n) is 4.10. The molecule has 42 valence electrons. The quantitative estimate of drug-likeness (QED) is 0.465. The Morgan fingerprint density at radius 2 is 2.29 bits per heavy atom. The second-order valence-corrected chi connectivity index (χ2v) is 1.97. The maximum Gasteiger partial charge on any atom is 0.0948 e. The normalized spacial score (nSPS) is 24.9. The molecule has 0 aromatic heterocycles. The highest BCUT2D eigenvalue weighted by Gasteiger charge is 2.22. The summed E-state index contributed by atoms with van der Waals surface area (Å²) < 4.78 is 11.5. The predicted octanol–water partition coefficient (Wildman–Crippen LogP) is -0.239. The van der Waals surface area contributed by atoms with Crippen LogP contribution in [-0.2, 0) is 0 Å². The molecule has 1 aliphatic rings. The lowest BCUT2D eigenvalue weighted by atomic mass is 10.1. The molecule has 0 aromatic rings. The van der Waals surface area contributed by atoms with Crippen LogP contribution in [0, 0.1) is 5.92 Å². The van der Waals surface area contributed by atoms with Crippen LogP contribution >= 0.6 is 0 Å². The van der Waals surface area contributed by atoms with E-state index in [0.29, 0.717) is 0 Å². The highest BCUT2D eigenvalue weighted by molar-refractivity contribution is 4.73. The van der Waals surface area contributed by atoms with Gasteiger partial charge in [0.2, 0.25) is 0 Å². The maximum atomic E-state index is 11.5. The van der Waals surface area contributed by atoms with Gasteiger partial charge >= 0.3 is 0 Å². The van der Waals surface area contributed by atoms with Crippen molar-refractivity contribution in [3.05, 3.63) is 0 Å². The third-order valence-electron chi connectivity index (χ3n) is 1.20. The van der Waals surface area contributed by atoms with Gasteiger partial charge in [-0.15, -0.1) is 0 Å². The van der Waals surface area contributed by atoms with Crippen molar-refractivity contribution in [1.29, 1.82) is 0 Å². The number of alkyl halides is 1. The van der Waals surface area contributed by atoms with Gasteiger partial charge in [-0.3, -0.25) is 10.2 Å². The van der Waals surface area contributed by atoms with Gasteiger partial charge in [-0.2, -0.15) is 0 Å². The fraction of sp³-hybridized carbons (Fsp3) is 1.00. The Balaban J connectivity index is 2.06. The minimum Gasteiger partial charge on any atom is -0.269 e. The highest BCUT2D eigenvalue weighted by atomic mass is 19.1. The first-order valence-electron chi connectivity index (χ1n) is 2.38. The minimum absolute atomic E-state index is 0.215. The van der Waals surface area contributed by atoms with Gasteiger partial charge in [0.15, 0.2) is 0 Å². The zero-order chi connectivity index (χ0) is 5.28. The van der Waals surface area contributed by atoms with Crippen LogP contribution in [0.4, 0.5) is 4.39 Å². The first kappa shape index (κ1) is 5.00.